The van der Waals surface area contributed by atoms with Crippen LogP contribution in [0.2, 0.25) is 0 Å². The molecule has 1 amide bonds. The SMILES string of the molecule is CNC1CCC(C(=O)NCc2cc(-c3cnccn3)ccc2OC)CC1.Cl.Cl. The molecule has 0 bridgehead atoms. The van der Waals surface area contributed by atoms with E-state index in [2.05, 4.69) is 20.6 Å². The second-order valence-electron chi connectivity index (χ2n) is 6.67. The molecule has 1 aliphatic rings. The Morgan fingerprint density at radius 3 is 2.54 bits per heavy atom. The number of hydrogen-bond acceptors (Lipinski definition) is 5. The van der Waals surface area contributed by atoms with Gasteiger partial charge < -0.3 is 15.4 Å². The van der Waals surface area contributed by atoms with Crippen LogP contribution in [0.15, 0.2) is 36.8 Å². The summed E-state index contributed by atoms with van der Waals surface area (Å²) < 4.78 is 5.45. The predicted molar refractivity (Wildman–Crippen MR) is 115 cm³/mol. The van der Waals surface area contributed by atoms with Crippen molar-refractivity contribution in [3.05, 3.63) is 42.4 Å². The van der Waals surface area contributed by atoms with Crippen LogP contribution in [-0.2, 0) is 11.3 Å². The van der Waals surface area contributed by atoms with Crippen LogP contribution < -0.4 is 15.4 Å². The van der Waals surface area contributed by atoms with Gasteiger partial charge in [-0.1, -0.05) is 0 Å². The lowest BCUT2D eigenvalue weighted by Gasteiger charge is -2.27. The highest BCUT2D eigenvalue weighted by molar-refractivity contribution is 5.85. The molecule has 1 fully saturated rings. The molecule has 1 aromatic heterocycles. The van der Waals surface area contributed by atoms with E-state index >= 15 is 0 Å². The van der Waals surface area contributed by atoms with E-state index in [-0.39, 0.29) is 36.6 Å². The van der Waals surface area contributed by atoms with E-state index in [9.17, 15) is 4.79 Å². The van der Waals surface area contributed by atoms with Crippen molar-refractivity contribution in [2.45, 2.75) is 38.3 Å². The highest BCUT2D eigenvalue weighted by Crippen LogP contribution is 2.27. The molecule has 1 saturated carbocycles. The van der Waals surface area contributed by atoms with Gasteiger partial charge in [0.15, 0.2) is 0 Å². The largest absolute Gasteiger partial charge is 0.496 e. The summed E-state index contributed by atoms with van der Waals surface area (Å²) in [5, 5.41) is 6.38. The van der Waals surface area contributed by atoms with Crippen molar-refractivity contribution in [3.63, 3.8) is 0 Å². The van der Waals surface area contributed by atoms with Crippen LogP contribution in [0.5, 0.6) is 5.75 Å². The van der Waals surface area contributed by atoms with Gasteiger partial charge in [0.25, 0.3) is 0 Å². The van der Waals surface area contributed by atoms with Gasteiger partial charge in [-0.05, 0) is 50.9 Å². The van der Waals surface area contributed by atoms with Crippen LogP contribution in [0, 0.1) is 5.92 Å². The first-order valence-electron chi connectivity index (χ1n) is 9.09. The Morgan fingerprint density at radius 2 is 1.93 bits per heavy atom. The number of methoxy groups -OCH3 is 1. The number of nitrogens with one attached hydrogen (secondary N) is 2. The topological polar surface area (TPSA) is 76.1 Å². The van der Waals surface area contributed by atoms with Crippen molar-refractivity contribution in [1.82, 2.24) is 20.6 Å². The molecule has 0 unspecified atom stereocenters. The maximum atomic E-state index is 12.5. The molecular weight excluding hydrogens is 399 g/mol. The predicted octanol–water partition coefficient (Wildman–Crippen LogP) is 3.39. The number of hydrogen-bond donors (Lipinski definition) is 2. The van der Waals surface area contributed by atoms with Crippen LogP contribution in [0.25, 0.3) is 11.3 Å². The molecule has 0 saturated heterocycles. The summed E-state index contributed by atoms with van der Waals surface area (Å²) in [5.74, 6) is 0.997. The quantitative estimate of drug-likeness (QED) is 0.739. The van der Waals surface area contributed by atoms with E-state index in [1.165, 1.54) is 0 Å². The second kappa shape index (κ2) is 11.8. The molecule has 0 atom stereocenters. The minimum atomic E-state index is 0. The lowest BCUT2D eigenvalue weighted by atomic mass is 9.85. The highest BCUT2D eigenvalue weighted by Gasteiger charge is 2.25. The third-order valence-electron chi connectivity index (χ3n) is 5.10. The minimum absolute atomic E-state index is 0. The average molecular weight is 427 g/mol. The molecule has 0 aliphatic heterocycles. The number of aromatic nitrogens is 2. The highest BCUT2D eigenvalue weighted by atomic mass is 35.5. The van der Waals surface area contributed by atoms with E-state index in [0.29, 0.717) is 12.6 Å². The first-order valence-corrected chi connectivity index (χ1v) is 9.09. The lowest BCUT2D eigenvalue weighted by molar-refractivity contribution is -0.126. The molecule has 2 N–H and O–H groups in total. The third-order valence-corrected chi connectivity index (χ3v) is 5.10. The zero-order valence-electron chi connectivity index (χ0n) is 16.2. The van der Waals surface area contributed by atoms with Gasteiger partial charge in [0.05, 0.1) is 19.0 Å². The number of halogens is 2. The zero-order valence-corrected chi connectivity index (χ0v) is 17.8. The first kappa shape index (κ1) is 24.1. The average Bonchev–Trinajstić information content (AvgIpc) is 2.72. The van der Waals surface area contributed by atoms with E-state index in [0.717, 1.165) is 48.3 Å². The molecule has 154 valence electrons. The van der Waals surface area contributed by atoms with Gasteiger partial charge in [-0.25, -0.2) is 0 Å². The Balaban J connectivity index is 0.00000196. The van der Waals surface area contributed by atoms with Crippen LogP contribution in [0.4, 0.5) is 0 Å². The Labute approximate surface area is 178 Å². The fraction of sp³-hybridized carbons (Fsp3) is 0.450. The standard InChI is InChI=1S/C20H26N4O2.2ClH/c1-21-17-6-3-14(4-7-17)20(25)24-12-16-11-15(5-8-19(16)26-2)18-13-22-9-10-23-18;;/h5,8-11,13-14,17,21H,3-4,6-7,12H2,1-2H3,(H,24,25);2*1H. The van der Waals surface area contributed by atoms with E-state index in [4.69, 9.17) is 4.74 Å². The molecular formula is C20H28Cl2N4O2. The summed E-state index contributed by atoms with van der Waals surface area (Å²) >= 11 is 0. The monoisotopic (exact) mass is 426 g/mol. The number of carbonyl (C=O) groups excluding carboxylic acids is 1. The zero-order chi connectivity index (χ0) is 18.4. The van der Waals surface area contributed by atoms with E-state index in [1.807, 2.05) is 25.2 Å². The van der Waals surface area contributed by atoms with Crippen molar-refractivity contribution in [2.75, 3.05) is 14.2 Å². The van der Waals surface area contributed by atoms with Crippen molar-refractivity contribution in [1.29, 1.82) is 0 Å². The van der Waals surface area contributed by atoms with Gasteiger partial charge in [-0.2, -0.15) is 0 Å². The Morgan fingerprint density at radius 1 is 1.18 bits per heavy atom. The second-order valence-corrected chi connectivity index (χ2v) is 6.67. The Bertz CT molecular complexity index is 738. The number of carbonyl (C=O) groups is 1. The smallest absolute Gasteiger partial charge is 0.223 e. The first-order chi connectivity index (χ1) is 12.7. The van der Waals surface area contributed by atoms with Crippen molar-refractivity contribution < 1.29 is 9.53 Å². The molecule has 0 radical (unpaired) electrons. The van der Waals surface area contributed by atoms with Gasteiger partial charge in [0.1, 0.15) is 5.75 Å². The van der Waals surface area contributed by atoms with Crippen molar-refractivity contribution >= 4 is 30.7 Å². The summed E-state index contributed by atoms with van der Waals surface area (Å²) in [6.45, 7) is 0.446. The number of ether oxygens (including phenoxy) is 1. The maximum absolute atomic E-state index is 12.5. The van der Waals surface area contributed by atoms with E-state index in [1.54, 1.807) is 25.7 Å². The maximum Gasteiger partial charge on any atom is 0.223 e. The normalized spacial score (nSPS) is 18.4. The fourth-order valence-corrected chi connectivity index (χ4v) is 3.50. The molecule has 6 nitrogen and oxygen atoms in total. The van der Waals surface area contributed by atoms with Crippen molar-refractivity contribution in [2.24, 2.45) is 5.92 Å². The summed E-state index contributed by atoms with van der Waals surface area (Å²) in [6, 6.07) is 6.40. The van der Waals surface area contributed by atoms with Gasteiger partial charge >= 0.3 is 0 Å². The molecule has 28 heavy (non-hydrogen) atoms. The van der Waals surface area contributed by atoms with Crippen molar-refractivity contribution in [3.8, 4) is 17.0 Å². The van der Waals surface area contributed by atoms with Gasteiger partial charge in [0, 0.05) is 42.0 Å². The van der Waals surface area contributed by atoms with E-state index < -0.39 is 0 Å². The number of rotatable bonds is 6. The van der Waals surface area contributed by atoms with Crippen LogP contribution in [0.3, 0.4) is 0 Å². The van der Waals surface area contributed by atoms with Gasteiger partial charge in [-0.15, -0.1) is 24.8 Å². The summed E-state index contributed by atoms with van der Waals surface area (Å²) in [7, 11) is 3.63. The third kappa shape index (κ3) is 6.06. The summed E-state index contributed by atoms with van der Waals surface area (Å²) in [6.07, 6.45) is 9.03. The van der Waals surface area contributed by atoms with Crippen LogP contribution in [0.1, 0.15) is 31.2 Å². The molecule has 1 aromatic carbocycles. The molecule has 2 aromatic rings. The van der Waals surface area contributed by atoms with Gasteiger partial charge in [0.2, 0.25) is 5.91 Å². The van der Waals surface area contributed by atoms with Crippen LogP contribution >= 0.6 is 24.8 Å². The number of amides is 1. The summed E-state index contributed by atoms with van der Waals surface area (Å²) in [5.41, 5.74) is 2.69. The fourth-order valence-electron chi connectivity index (χ4n) is 3.50. The lowest BCUT2D eigenvalue weighted by Crippen LogP contribution is -2.37. The van der Waals surface area contributed by atoms with Crippen LogP contribution in [-0.4, -0.2) is 36.1 Å². The minimum Gasteiger partial charge on any atom is -0.496 e. The number of nitrogens with zero attached hydrogens (tertiary/aromatic N) is 2. The Hall–Kier alpha value is -1.89. The molecule has 3 rings (SSSR count). The van der Waals surface area contributed by atoms with Gasteiger partial charge in [-0.3, -0.25) is 14.8 Å². The molecule has 1 heterocycles. The molecule has 8 heteroatoms. The number of benzene rings is 1. The molecule has 0 spiro atoms. The Kier molecular flexibility index (Phi) is 10.2. The summed E-state index contributed by atoms with van der Waals surface area (Å²) in [4.78, 5) is 21.0. The molecule has 1 aliphatic carbocycles.